The van der Waals surface area contributed by atoms with Gasteiger partial charge in [-0.1, -0.05) is 60.5 Å². The Kier molecular flexibility index (Phi) is 7.33. The molecule has 1 atom stereocenters. The molecular weight excluding hydrogens is 485 g/mol. The summed E-state index contributed by atoms with van der Waals surface area (Å²) < 4.78 is 0. The minimum atomic E-state index is -0.756. The van der Waals surface area contributed by atoms with Crippen LogP contribution in [0, 0.1) is 0 Å². The standard InChI is InChI=1S/C27H27Cl2N3O3/c1-4-22(26(34)30-16(2)3)31(14-19-20(28)11-7-12-21(19)29)24(33)15-32-23-13-6-9-17-8-5-10-18(25(17)23)27(32)35/h5-13,16,22H,4,14-15H2,1-3H3,(H,30,34)/t22-/m0/s1. The third-order valence-electron chi connectivity index (χ3n) is 6.15. The van der Waals surface area contributed by atoms with Crippen LogP contribution in [0.1, 0.15) is 43.1 Å². The first kappa shape index (κ1) is 25.0. The molecule has 0 unspecified atom stereocenters. The molecule has 6 nitrogen and oxygen atoms in total. The molecule has 35 heavy (non-hydrogen) atoms. The molecular formula is C27H27Cl2N3O3. The van der Waals surface area contributed by atoms with Gasteiger partial charge in [0.05, 0.1) is 5.69 Å². The molecule has 0 bridgehead atoms. The molecule has 8 heteroatoms. The molecule has 182 valence electrons. The van der Waals surface area contributed by atoms with Crippen LogP contribution in [0.25, 0.3) is 10.8 Å². The molecule has 0 radical (unpaired) electrons. The van der Waals surface area contributed by atoms with Crippen LogP contribution in [0.15, 0.2) is 54.6 Å². The van der Waals surface area contributed by atoms with Gasteiger partial charge in [-0.05, 0) is 49.9 Å². The van der Waals surface area contributed by atoms with E-state index in [0.29, 0.717) is 33.3 Å². The topological polar surface area (TPSA) is 69.7 Å². The number of amides is 3. The Morgan fingerprint density at radius 1 is 1.00 bits per heavy atom. The van der Waals surface area contributed by atoms with Crippen LogP contribution >= 0.6 is 23.2 Å². The van der Waals surface area contributed by atoms with Crippen molar-refractivity contribution in [1.82, 2.24) is 10.2 Å². The second-order valence-electron chi connectivity index (χ2n) is 8.88. The van der Waals surface area contributed by atoms with Crippen molar-refractivity contribution in [3.05, 3.63) is 75.8 Å². The number of nitrogens with one attached hydrogen (secondary N) is 1. The zero-order valence-corrected chi connectivity index (χ0v) is 21.4. The van der Waals surface area contributed by atoms with E-state index in [2.05, 4.69) is 5.32 Å². The molecule has 0 spiro atoms. The summed E-state index contributed by atoms with van der Waals surface area (Å²) in [5.74, 6) is -0.873. The fraction of sp³-hybridized carbons (Fsp3) is 0.296. The second-order valence-corrected chi connectivity index (χ2v) is 9.70. The van der Waals surface area contributed by atoms with Gasteiger partial charge < -0.3 is 10.2 Å². The van der Waals surface area contributed by atoms with Crippen LogP contribution in [-0.4, -0.2) is 41.2 Å². The highest BCUT2D eigenvalue weighted by Gasteiger charge is 2.35. The Morgan fingerprint density at radius 3 is 2.26 bits per heavy atom. The minimum absolute atomic E-state index is 0.0422. The number of hydrogen-bond acceptors (Lipinski definition) is 3. The van der Waals surface area contributed by atoms with E-state index < -0.39 is 6.04 Å². The summed E-state index contributed by atoms with van der Waals surface area (Å²) in [5.41, 5.74) is 1.81. The zero-order valence-electron chi connectivity index (χ0n) is 19.8. The summed E-state index contributed by atoms with van der Waals surface area (Å²) in [4.78, 5) is 43.1. The number of nitrogens with zero attached hydrogens (tertiary/aromatic N) is 2. The third-order valence-corrected chi connectivity index (χ3v) is 6.86. The molecule has 1 N–H and O–H groups in total. The van der Waals surface area contributed by atoms with Crippen LogP contribution in [0.2, 0.25) is 10.0 Å². The summed E-state index contributed by atoms with van der Waals surface area (Å²) in [6, 6.07) is 15.5. The molecule has 1 aliphatic rings. The molecule has 0 saturated heterocycles. The van der Waals surface area contributed by atoms with E-state index in [1.807, 2.05) is 51.1 Å². The second kappa shape index (κ2) is 10.3. The van der Waals surface area contributed by atoms with Crippen molar-refractivity contribution in [2.45, 2.75) is 45.8 Å². The zero-order chi connectivity index (χ0) is 25.3. The number of anilines is 1. The summed E-state index contributed by atoms with van der Waals surface area (Å²) in [5, 5.41) is 5.48. The predicted octanol–water partition coefficient (Wildman–Crippen LogP) is 5.44. The average Bonchev–Trinajstić information content (AvgIpc) is 3.08. The van der Waals surface area contributed by atoms with Gasteiger partial charge >= 0.3 is 0 Å². The van der Waals surface area contributed by atoms with Crippen LogP contribution < -0.4 is 10.2 Å². The Morgan fingerprint density at radius 2 is 1.63 bits per heavy atom. The van der Waals surface area contributed by atoms with E-state index in [1.165, 1.54) is 9.80 Å². The van der Waals surface area contributed by atoms with Crippen LogP contribution in [0.3, 0.4) is 0 Å². The van der Waals surface area contributed by atoms with Gasteiger partial charge in [-0.2, -0.15) is 0 Å². The lowest BCUT2D eigenvalue weighted by Gasteiger charge is -2.33. The lowest BCUT2D eigenvalue weighted by Crippen LogP contribution is -2.53. The molecule has 0 saturated carbocycles. The minimum Gasteiger partial charge on any atom is -0.352 e. The van der Waals surface area contributed by atoms with Crippen molar-refractivity contribution < 1.29 is 14.4 Å². The largest absolute Gasteiger partial charge is 0.352 e. The van der Waals surface area contributed by atoms with E-state index in [0.717, 1.165) is 10.8 Å². The quantitative estimate of drug-likeness (QED) is 0.437. The number of halogens is 2. The van der Waals surface area contributed by atoms with Crippen molar-refractivity contribution in [2.75, 3.05) is 11.4 Å². The number of carbonyl (C=O) groups is 3. The van der Waals surface area contributed by atoms with Gasteiger partial charge in [0.1, 0.15) is 12.6 Å². The third kappa shape index (κ3) is 4.86. The molecule has 1 heterocycles. The maximum absolute atomic E-state index is 13.8. The smallest absolute Gasteiger partial charge is 0.259 e. The van der Waals surface area contributed by atoms with E-state index in [9.17, 15) is 14.4 Å². The van der Waals surface area contributed by atoms with Crippen molar-refractivity contribution in [1.29, 1.82) is 0 Å². The summed E-state index contributed by atoms with van der Waals surface area (Å²) in [7, 11) is 0. The predicted molar refractivity (Wildman–Crippen MR) is 140 cm³/mol. The number of rotatable bonds is 8. The highest BCUT2D eigenvalue weighted by molar-refractivity contribution is 6.36. The van der Waals surface area contributed by atoms with Crippen LogP contribution in [-0.2, 0) is 16.1 Å². The summed E-state index contributed by atoms with van der Waals surface area (Å²) >= 11 is 12.8. The monoisotopic (exact) mass is 511 g/mol. The van der Waals surface area contributed by atoms with Gasteiger partial charge in [-0.15, -0.1) is 0 Å². The number of carbonyl (C=O) groups excluding carboxylic acids is 3. The molecule has 3 amide bonds. The molecule has 0 aromatic heterocycles. The van der Waals surface area contributed by atoms with Crippen molar-refractivity contribution in [3.8, 4) is 0 Å². The first-order valence-corrected chi connectivity index (χ1v) is 12.3. The van der Waals surface area contributed by atoms with E-state index >= 15 is 0 Å². The van der Waals surface area contributed by atoms with E-state index in [1.54, 1.807) is 24.3 Å². The molecule has 4 rings (SSSR count). The van der Waals surface area contributed by atoms with E-state index in [4.69, 9.17) is 23.2 Å². The van der Waals surface area contributed by atoms with Crippen LogP contribution in [0.5, 0.6) is 0 Å². The lowest BCUT2D eigenvalue weighted by molar-refractivity contribution is -0.140. The first-order chi connectivity index (χ1) is 16.7. The highest BCUT2D eigenvalue weighted by Crippen LogP contribution is 2.37. The van der Waals surface area contributed by atoms with Gasteiger partial charge in [-0.25, -0.2) is 0 Å². The maximum Gasteiger partial charge on any atom is 0.259 e. The van der Waals surface area contributed by atoms with Gasteiger partial charge in [0.2, 0.25) is 11.8 Å². The van der Waals surface area contributed by atoms with Crippen LogP contribution in [0.4, 0.5) is 5.69 Å². The fourth-order valence-electron chi connectivity index (χ4n) is 4.52. The van der Waals surface area contributed by atoms with Gasteiger partial charge in [0.25, 0.3) is 5.91 Å². The average molecular weight is 512 g/mol. The normalized spacial score (nSPS) is 13.4. The number of benzene rings is 3. The fourth-order valence-corrected chi connectivity index (χ4v) is 5.03. The Balaban J connectivity index is 1.69. The van der Waals surface area contributed by atoms with Gasteiger partial charge in [-0.3, -0.25) is 19.3 Å². The Bertz CT molecular complexity index is 1280. The van der Waals surface area contributed by atoms with Gasteiger partial charge in [0, 0.05) is 39.1 Å². The summed E-state index contributed by atoms with van der Waals surface area (Å²) in [6.07, 6.45) is 0.385. The molecule has 0 fully saturated rings. The van der Waals surface area contributed by atoms with Crippen molar-refractivity contribution >= 4 is 57.4 Å². The first-order valence-electron chi connectivity index (χ1n) is 11.6. The SMILES string of the molecule is CC[C@@H](C(=O)NC(C)C)N(Cc1c(Cl)cccc1Cl)C(=O)CN1C(=O)c2cccc3cccc1c23. The molecule has 1 aliphatic heterocycles. The summed E-state index contributed by atoms with van der Waals surface area (Å²) in [6.45, 7) is 5.41. The molecule has 3 aromatic carbocycles. The maximum atomic E-state index is 13.8. The van der Waals surface area contributed by atoms with Crippen molar-refractivity contribution in [2.24, 2.45) is 0 Å². The molecule has 3 aromatic rings. The highest BCUT2D eigenvalue weighted by atomic mass is 35.5. The van der Waals surface area contributed by atoms with E-state index in [-0.39, 0.29) is 36.9 Å². The lowest BCUT2D eigenvalue weighted by atomic mass is 10.1. The molecule has 0 aliphatic carbocycles. The Labute approximate surface area is 214 Å². The number of hydrogen-bond donors (Lipinski definition) is 1. The Hall–Kier alpha value is -3.09. The van der Waals surface area contributed by atoms with Gasteiger partial charge in [0.15, 0.2) is 0 Å². The van der Waals surface area contributed by atoms with Crippen molar-refractivity contribution in [3.63, 3.8) is 0 Å².